The van der Waals surface area contributed by atoms with Crippen LogP contribution in [0.5, 0.6) is 0 Å². The predicted octanol–water partition coefficient (Wildman–Crippen LogP) is 3.06. The molecule has 37 heavy (non-hydrogen) atoms. The molecule has 2 fully saturated rings. The van der Waals surface area contributed by atoms with Gasteiger partial charge in [-0.25, -0.2) is 14.8 Å². The van der Waals surface area contributed by atoms with Crippen molar-refractivity contribution in [3.05, 3.63) is 41.0 Å². The van der Waals surface area contributed by atoms with E-state index in [9.17, 15) is 14.4 Å². The van der Waals surface area contributed by atoms with Gasteiger partial charge in [0.1, 0.15) is 17.0 Å². The average Bonchev–Trinajstić information content (AvgIpc) is 3.06. The van der Waals surface area contributed by atoms with Crippen LogP contribution in [0.3, 0.4) is 0 Å². The number of hydrogen-bond donors (Lipinski definition) is 3. The lowest BCUT2D eigenvalue weighted by molar-refractivity contribution is -0.127. The number of piperazine rings is 1. The summed E-state index contributed by atoms with van der Waals surface area (Å²) in [6, 6.07) is 8.70. The molecular formula is C25H32ClN7O3S. The van der Waals surface area contributed by atoms with Gasteiger partial charge in [-0.05, 0) is 50.8 Å². The Hall–Kier alpha value is -3.05. The van der Waals surface area contributed by atoms with E-state index in [1.165, 1.54) is 11.8 Å². The van der Waals surface area contributed by atoms with Gasteiger partial charge in [-0.1, -0.05) is 35.5 Å². The first kappa shape index (κ1) is 27.0. The summed E-state index contributed by atoms with van der Waals surface area (Å²) < 4.78 is 0. The first-order valence-corrected chi connectivity index (χ1v) is 13.8. The van der Waals surface area contributed by atoms with Crippen LogP contribution in [0.1, 0.15) is 31.7 Å². The van der Waals surface area contributed by atoms with Crippen molar-refractivity contribution in [3.63, 3.8) is 0 Å². The van der Waals surface area contributed by atoms with Crippen LogP contribution in [0.2, 0.25) is 5.15 Å². The number of aryl methyl sites for hydroxylation is 1. The Bertz CT molecular complexity index is 1150. The van der Waals surface area contributed by atoms with E-state index in [0.29, 0.717) is 43.6 Å². The Morgan fingerprint density at radius 1 is 1.22 bits per heavy atom. The molecule has 1 aromatic heterocycles. The zero-order valence-corrected chi connectivity index (χ0v) is 22.6. The number of nitrogens with one attached hydrogen (secondary N) is 3. The first-order chi connectivity index (χ1) is 17.8. The van der Waals surface area contributed by atoms with Gasteiger partial charge in [0.2, 0.25) is 11.8 Å². The molecule has 2 aliphatic heterocycles. The van der Waals surface area contributed by atoms with Crippen LogP contribution in [0.25, 0.3) is 0 Å². The lowest BCUT2D eigenvalue weighted by Gasteiger charge is -2.40. The highest BCUT2D eigenvalue weighted by Gasteiger charge is 2.29. The summed E-state index contributed by atoms with van der Waals surface area (Å²) in [5.41, 5.74) is 1.85. The highest BCUT2D eigenvalue weighted by atomic mass is 35.5. The van der Waals surface area contributed by atoms with E-state index < -0.39 is 6.04 Å². The second kappa shape index (κ2) is 12.5. The number of carbonyl (C=O) groups is 3. The Kier molecular flexibility index (Phi) is 9.09. The Morgan fingerprint density at radius 2 is 2.05 bits per heavy atom. The number of rotatable bonds is 6. The second-order valence-electron chi connectivity index (χ2n) is 9.32. The molecule has 0 bridgehead atoms. The minimum atomic E-state index is -0.507. The average molecular weight is 546 g/mol. The standard InChI is InChI=1S/C25H32ClN7O3S/c1-16-6-5-7-18(12-16)28-25(36)33-11-10-32(14-17(33)2)21-13-20(26)30-24(31-21)37-15-22(34)29-19-8-3-4-9-27-23(19)35/h5-7,12-13,17,19H,3-4,8-11,14-15H2,1-2H3,(H,27,35)(H,28,36)(H,29,34)/t17-,19-/m0/s1. The Labute approximate surface area is 225 Å². The first-order valence-electron chi connectivity index (χ1n) is 12.4. The van der Waals surface area contributed by atoms with Gasteiger partial charge in [0.05, 0.1) is 5.75 Å². The maximum Gasteiger partial charge on any atom is 0.322 e. The fourth-order valence-electron chi connectivity index (χ4n) is 4.44. The van der Waals surface area contributed by atoms with Crippen LogP contribution in [0.15, 0.2) is 35.5 Å². The number of aromatic nitrogens is 2. The fraction of sp³-hybridized carbons (Fsp3) is 0.480. The number of nitrogens with zero attached hydrogens (tertiary/aromatic N) is 4. The largest absolute Gasteiger partial charge is 0.354 e. The third-order valence-electron chi connectivity index (χ3n) is 6.35. The quantitative estimate of drug-likeness (QED) is 0.290. The molecule has 3 N–H and O–H groups in total. The summed E-state index contributed by atoms with van der Waals surface area (Å²) in [5.74, 6) is 0.334. The van der Waals surface area contributed by atoms with Gasteiger partial charge >= 0.3 is 6.03 Å². The van der Waals surface area contributed by atoms with E-state index in [1.807, 2.05) is 43.0 Å². The fourth-order valence-corrected chi connectivity index (χ4v) is 5.33. The SMILES string of the molecule is Cc1cccc(NC(=O)N2CCN(c3cc(Cl)nc(SCC(=O)N[C@H]4CCCCNC4=O)n3)C[C@@H]2C)c1. The number of anilines is 2. The molecule has 0 spiro atoms. The molecular weight excluding hydrogens is 514 g/mol. The van der Waals surface area contributed by atoms with Gasteiger partial charge in [0, 0.05) is 44.0 Å². The third kappa shape index (κ3) is 7.48. The smallest absolute Gasteiger partial charge is 0.322 e. The Balaban J connectivity index is 1.32. The van der Waals surface area contributed by atoms with E-state index in [-0.39, 0.29) is 34.8 Å². The molecule has 10 nitrogen and oxygen atoms in total. The number of carbonyl (C=O) groups excluding carboxylic acids is 3. The van der Waals surface area contributed by atoms with Crippen molar-refractivity contribution in [3.8, 4) is 0 Å². The monoisotopic (exact) mass is 545 g/mol. The summed E-state index contributed by atoms with van der Waals surface area (Å²) in [6.07, 6.45) is 2.43. The molecule has 2 aromatic rings. The van der Waals surface area contributed by atoms with Crippen LogP contribution in [-0.2, 0) is 9.59 Å². The summed E-state index contributed by atoms with van der Waals surface area (Å²) in [5, 5.41) is 9.25. The molecule has 4 rings (SSSR count). The minimum Gasteiger partial charge on any atom is -0.354 e. The molecule has 12 heteroatoms. The molecule has 2 atom stereocenters. The highest BCUT2D eigenvalue weighted by molar-refractivity contribution is 7.99. The third-order valence-corrected chi connectivity index (χ3v) is 7.39. The van der Waals surface area contributed by atoms with E-state index in [4.69, 9.17) is 11.6 Å². The van der Waals surface area contributed by atoms with E-state index >= 15 is 0 Å². The maximum absolute atomic E-state index is 12.9. The lowest BCUT2D eigenvalue weighted by atomic mass is 10.1. The predicted molar refractivity (Wildman–Crippen MR) is 145 cm³/mol. The van der Waals surface area contributed by atoms with Gasteiger partial charge in [0.15, 0.2) is 5.16 Å². The molecule has 0 saturated carbocycles. The normalized spacial score (nSPS) is 20.1. The second-order valence-corrected chi connectivity index (χ2v) is 10.6. The van der Waals surface area contributed by atoms with E-state index in [0.717, 1.165) is 24.1 Å². The summed E-state index contributed by atoms with van der Waals surface area (Å²) in [4.78, 5) is 50.1. The van der Waals surface area contributed by atoms with E-state index in [2.05, 4.69) is 30.8 Å². The molecule has 0 radical (unpaired) electrons. The molecule has 0 unspecified atom stereocenters. The highest BCUT2D eigenvalue weighted by Crippen LogP contribution is 2.24. The van der Waals surface area contributed by atoms with Crippen LogP contribution in [0.4, 0.5) is 16.3 Å². The molecule has 3 heterocycles. The van der Waals surface area contributed by atoms with Crippen LogP contribution in [0, 0.1) is 6.92 Å². The molecule has 2 aliphatic rings. The van der Waals surface area contributed by atoms with E-state index in [1.54, 1.807) is 6.07 Å². The molecule has 198 valence electrons. The van der Waals surface area contributed by atoms with Crippen molar-refractivity contribution in [2.45, 2.75) is 50.4 Å². The van der Waals surface area contributed by atoms with Crippen LogP contribution >= 0.6 is 23.4 Å². The van der Waals surface area contributed by atoms with Gasteiger partial charge in [-0.15, -0.1) is 0 Å². The summed E-state index contributed by atoms with van der Waals surface area (Å²) in [7, 11) is 0. The number of amides is 4. The maximum atomic E-state index is 12.9. The lowest BCUT2D eigenvalue weighted by Crippen LogP contribution is -2.55. The number of urea groups is 1. The molecule has 2 saturated heterocycles. The number of thioether (sulfide) groups is 1. The summed E-state index contributed by atoms with van der Waals surface area (Å²) in [6.45, 7) is 6.31. The van der Waals surface area contributed by atoms with Crippen LogP contribution in [-0.4, -0.2) is 76.7 Å². The van der Waals surface area contributed by atoms with Crippen molar-refractivity contribution in [2.24, 2.45) is 0 Å². The van der Waals surface area contributed by atoms with Crippen LogP contribution < -0.4 is 20.9 Å². The molecule has 1 aromatic carbocycles. The van der Waals surface area contributed by atoms with Gasteiger partial charge in [-0.3, -0.25) is 9.59 Å². The topological polar surface area (TPSA) is 120 Å². The molecule has 0 aliphatic carbocycles. The van der Waals surface area contributed by atoms with Crippen molar-refractivity contribution >= 4 is 52.7 Å². The van der Waals surface area contributed by atoms with Crippen molar-refractivity contribution in [1.82, 2.24) is 25.5 Å². The number of halogens is 1. The molecule has 4 amide bonds. The number of hydrogen-bond acceptors (Lipinski definition) is 7. The zero-order valence-electron chi connectivity index (χ0n) is 21.0. The van der Waals surface area contributed by atoms with Gasteiger partial charge in [0.25, 0.3) is 0 Å². The van der Waals surface area contributed by atoms with Crippen molar-refractivity contribution in [1.29, 1.82) is 0 Å². The van der Waals surface area contributed by atoms with Crippen molar-refractivity contribution < 1.29 is 14.4 Å². The Morgan fingerprint density at radius 3 is 2.84 bits per heavy atom. The zero-order chi connectivity index (χ0) is 26.4. The number of benzene rings is 1. The minimum absolute atomic E-state index is 0.0556. The van der Waals surface area contributed by atoms with Gasteiger partial charge in [-0.2, -0.15) is 0 Å². The summed E-state index contributed by atoms with van der Waals surface area (Å²) >= 11 is 7.45. The van der Waals surface area contributed by atoms with Gasteiger partial charge < -0.3 is 25.8 Å². The van der Waals surface area contributed by atoms with Crippen molar-refractivity contribution in [2.75, 3.05) is 42.1 Å².